The fourth-order valence-electron chi connectivity index (χ4n) is 2.26. The highest BCUT2D eigenvalue weighted by Crippen LogP contribution is 2.20. The molecule has 3 heteroatoms. The van der Waals surface area contributed by atoms with Gasteiger partial charge in [0.25, 0.3) is 0 Å². The number of hydrogen-bond acceptors (Lipinski definition) is 3. The zero-order valence-corrected chi connectivity index (χ0v) is 13.0. The second-order valence-corrected chi connectivity index (χ2v) is 5.28. The van der Waals surface area contributed by atoms with Gasteiger partial charge >= 0.3 is 0 Å². The van der Waals surface area contributed by atoms with Gasteiger partial charge in [0.1, 0.15) is 5.75 Å². The molecule has 0 spiro atoms. The lowest BCUT2D eigenvalue weighted by Crippen LogP contribution is -2.23. The minimum Gasteiger partial charge on any atom is -0.494 e. The third-order valence-electron chi connectivity index (χ3n) is 3.48. The zero-order valence-electron chi connectivity index (χ0n) is 13.0. The Morgan fingerprint density at radius 3 is 2.43 bits per heavy atom. The third kappa shape index (κ3) is 4.57. The van der Waals surface area contributed by atoms with E-state index in [2.05, 4.69) is 43.2 Å². The standard InChI is InChI=1S/C18H24N2O/c1-4-13-21-17-10-8-16(9-11-17)14(2)20-15(3)18-7-5-6-12-19-18/h5-12,14-15,20H,4,13H2,1-3H3/t14?,15-/m1/s1. The molecule has 3 nitrogen and oxygen atoms in total. The lowest BCUT2D eigenvalue weighted by molar-refractivity contribution is 0.317. The van der Waals surface area contributed by atoms with E-state index in [1.165, 1.54) is 5.56 Å². The fraction of sp³-hybridized carbons (Fsp3) is 0.389. The predicted molar refractivity (Wildman–Crippen MR) is 86.4 cm³/mol. The minimum absolute atomic E-state index is 0.220. The van der Waals surface area contributed by atoms with Crippen molar-refractivity contribution in [3.8, 4) is 5.75 Å². The van der Waals surface area contributed by atoms with Crippen molar-refractivity contribution in [2.24, 2.45) is 0 Å². The van der Waals surface area contributed by atoms with E-state index >= 15 is 0 Å². The maximum absolute atomic E-state index is 5.61. The van der Waals surface area contributed by atoms with Crippen molar-refractivity contribution < 1.29 is 4.74 Å². The maximum atomic E-state index is 5.61. The van der Waals surface area contributed by atoms with Crippen molar-refractivity contribution in [1.82, 2.24) is 10.3 Å². The molecule has 1 unspecified atom stereocenters. The summed E-state index contributed by atoms with van der Waals surface area (Å²) in [6.45, 7) is 7.18. The zero-order chi connectivity index (χ0) is 15.1. The van der Waals surface area contributed by atoms with Crippen LogP contribution in [-0.2, 0) is 0 Å². The number of aromatic nitrogens is 1. The van der Waals surface area contributed by atoms with E-state index in [1.54, 1.807) is 0 Å². The molecule has 2 rings (SSSR count). The summed E-state index contributed by atoms with van der Waals surface area (Å²) in [5, 5.41) is 3.57. The van der Waals surface area contributed by atoms with E-state index in [9.17, 15) is 0 Å². The van der Waals surface area contributed by atoms with Gasteiger partial charge in [-0.05, 0) is 50.1 Å². The molecule has 2 atom stereocenters. The summed E-state index contributed by atoms with van der Waals surface area (Å²) in [7, 11) is 0. The molecule has 0 aliphatic carbocycles. The third-order valence-corrected chi connectivity index (χ3v) is 3.48. The molecule has 2 aromatic rings. The fourth-order valence-corrected chi connectivity index (χ4v) is 2.26. The van der Waals surface area contributed by atoms with Crippen LogP contribution >= 0.6 is 0 Å². The van der Waals surface area contributed by atoms with E-state index in [0.29, 0.717) is 0 Å². The lowest BCUT2D eigenvalue weighted by atomic mass is 10.1. The molecule has 21 heavy (non-hydrogen) atoms. The molecule has 112 valence electrons. The van der Waals surface area contributed by atoms with Crippen molar-refractivity contribution in [2.45, 2.75) is 39.3 Å². The van der Waals surface area contributed by atoms with Crippen molar-refractivity contribution in [1.29, 1.82) is 0 Å². The summed E-state index contributed by atoms with van der Waals surface area (Å²) in [6, 6.07) is 14.8. The Morgan fingerprint density at radius 1 is 1.05 bits per heavy atom. The van der Waals surface area contributed by atoms with Gasteiger partial charge in [-0.15, -0.1) is 0 Å². The molecule has 1 aromatic heterocycles. The minimum atomic E-state index is 0.220. The van der Waals surface area contributed by atoms with Crippen molar-refractivity contribution >= 4 is 0 Å². The average molecular weight is 284 g/mol. The SMILES string of the molecule is CCCOc1ccc(C(C)N[C@H](C)c2ccccn2)cc1. The number of pyridine rings is 1. The molecular weight excluding hydrogens is 260 g/mol. The first-order valence-electron chi connectivity index (χ1n) is 7.60. The Labute approximate surface area is 127 Å². The van der Waals surface area contributed by atoms with Crippen molar-refractivity contribution in [3.63, 3.8) is 0 Å². The van der Waals surface area contributed by atoms with Gasteiger partial charge in [0, 0.05) is 18.3 Å². The molecule has 0 amide bonds. The molecule has 1 N–H and O–H groups in total. The Balaban J connectivity index is 1.95. The van der Waals surface area contributed by atoms with Gasteiger partial charge < -0.3 is 10.1 Å². The van der Waals surface area contributed by atoms with Crippen LogP contribution in [0.1, 0.15) is 50.5 Å². The largest absolute Gasteiger partial charge is 0.494 e. The normalized spacial score (nSPS) is 13.7. The Morgan fingerprint density at radius 2 is 1.81 bits per heavy atom. The van der Waals surface area contributed by atoms with Crippen LogP contribution in [0.15, 0.2) is 48.7 Å². The van der Waals surface area contributed by atoms with Crippen LogP contribution in [0.3, 0.4) is 0 Å². The number of rotatable bonds is 7. The van der Waals surface area contributed by atoms with Crippen LogP contribution in [0, 0.1) is 0 Å². The second kappa shape index (κ2) is 7.79. The first-order valence-corrected chi connectivity index (χ1v) is 7.60. The summed E-state index contributed by atoms with van der Waals surface area (Å²) >= 11 is 0. The van der Waals surface area contributed by atoms with E-state index in [0.717, 1.165) is 24.5 Å². The lowest BCUT2D eigenvalue weighted by Gasteiger charge is -2.20. The van der Waals surface area contributed by atoms with Crippen LogP contribution in [0.4, 0.5) is 0 Å². The Hall–Kier alpha value is -1.87. The number of ether oxygens (including phenoxy) is 1. The van der Waals surface area contributed by atoms with Gasteiger partial charge in [0.2, 0.25) is 0 Å². The average Bonchev–Trinajstić information content (AvgIpc) is 2.54. The number of hydrogen-bond donors (Lipinski definition) is 1. The van der Waals surface area contributed by atoms with E-state index < -0.39 is 0 Å². The number of benzene rings is 1. The highest BCUT2D eigenvalue weighted by atomic mass is 16.5. The van der Waals surface area contributed by atoms with Gasteiger partial charge in [0.15, 0.2) is 0 Å². The van der Waals surface area contributed by atoms with Gasteiger partial charge in [-0.3, -0.25) is 4.98 Å². The quantitative estimate of drug-likeness (QED) is 0.824. The molecule has 1 heterocycles. The van der Waals surface area contributed by atoms with Gasteiger partial charge in [-0.1, -0.05) is 25.1 Å². The first-order chi connectivity index (χ1) is 10.2. The monoisotopic (exact) mass is 284 g/mol. The van der Waals surface area contributed by atoms with Crippen LogP contribution in [0.2, 0.25) is 0 Å². The molecule has 0 aliphatic rings. The smallest absolute Gasteiger partial charge is 0.119 e. The maximum Gasteiger partial charge on any atom is 0.119 e. The van der Waals surface area contributed by atoms with Gasteiger partial charge in [0.05, 0.1) is 12.3 Å². The van der Waals surface area contributed by atoms with Gasteiger partial charge in [-0.25, -0.2) is 0 Å². The van der Waals surface area contributed by atoms with Crippen LogP contribution in [-0.4, -0.2) is 11.6 Å². The summed E-state index contributed by atoms with van der Waals surface area (Å²) < 4.78 is 5.61. The topological polar surface area (TPSA) is 34.1 Å². The Kier molecular flexibility index (Phi) is 5.76. The van der Waals surface area contributed by atoms with Crippen molar-refractivity contribution in [2.75, 3.05) is 6.61 Å². The summed E-state index contributed by atoms with van der Waals surface area (Å²) in [5.41, 5.74) is 2.31. The van der Waals surface area contributed by atoms with E-state index in [4.69, 9.17) is 4.74 Å². The van der Waals surface area contributed by atoms with E-state index in [1.807, 2.05) is 36.5 Å². The summed E-state index contributed by atoms with van der Waals surface area (Å²) in [6.07, 6.45) is 2.86. The summed E-state index contributed by atoms with van der Waals surface area (Å²) in [5.74, 6) is 0.936. The molecular formula is C18H24N2O. The second-order valence-electron chi connectivity index (χ2n) is 5.28. The molecule has 0 saturated carbocycles. The highest BCUT2D eigenvalue weighted by Gasteiger charge is 2.11. The summed E-state index contributed by atoms with van der Waals surface area (Å²) in [4.78, 5) is 4.39. The molecule has 0 fully saturated rings. The highest BCUT2D eigenvalue weighted by molar-refractivity contribution is 5.29. The first kappa shape index (κ1) is 15.5. The number of nitrogens with one attached hydrogen (secondary N) is 1. The molecule has 0 aliphatic heterocycles. The molecule has 0 bridgehead atoms. The van der Waals surface area contributed by atoms with Crippen LogP contribution in [0.25, 0.3) is 0 Å². The van der Waals surface area contributed by atoms with Crippen molar-refractivity contribution in [3.05, 3.63) is 59.9 Å². The molecule has 0 radical (unpaired) electrons. The van der Waals surface area contributed by atoms with E-state index in [-0.39, 0.29) is 12.1 Å². The van der Waals surface area contributed by atoms with Crippen LogP contribution < -0.4 is 10.1 Å². The van der Waals surface area contributed by atoms with Gasteiger partial charge in [-0.2, -0.15) is 0 Å². The van der Waals surface area contributed by atoms with Crippen LogP contribution in [0.5, 0.6) is 5.75 Å². The Bertz CT molecular complexity index is 525. The molecule has 0 saturated heterocycles. The molecule has 1 aromatic carbocycles. The number of nitrogens with zero attached hydrogens (tertiary/aromatic N) is 1. The predicted octanol–water partition coefficient (Wildman–Crippen LogP) is 4.28.